The molecule has 0 aromatic heterocycles. The van der Waals surface area contributed by atoms with E-state index in [2.05, 4.69) is 48.5 Å². The Morgan fingerprint density at radius 1 is 0.852 bits per heavy atom. The van der Waals surface area contributed by atoms with E-state index in [1.807, 2.05) is 0 Å². The Balaban J connectivity index is 3.16. The van der Waals surface area contributed by atoms with Crippen molar-refractivity contribution >= 4 is 0 Å². The molecule has 27 heavy (non-hydrogen) atoms. The molecule has 0 N–H and O–H groups in total. The fraction of sp³-hybridized carbons (Fsp3) is 1.00. The van der Waals surface area contributed by atoms with Crippen LogP contribution in [0.5, 0.6) is 0 Å². The minimum atomic E-state index is -0.666. The highest BCUT2D eigenvalue weighted by Gasteiger charge is 2.53. The van der Waals surface area contributed by atoms with E-state index in [1.165, 1.54) is 77.0 Å². The smallest absolute Gasteiger partial charge is 0.0978 e. The molecule has 1 fully saturated rings. The molecule has 0 nitrogen and oxygen atoms in total. The molecule has 1 saturated carbocycles. The second-order valence-corrected chi connectivity index (χ2v) is 11.6. The lowest BCUT2D eigenvalue weighted by molar-refractivity contribution is -0.0834. The van der Waals surface area contributed by atoms with Crippen LogP contribution in [0.25, 0.3) is 0 Å². The van der Waals surface area contributed by atoms with Gasteiger partial charge >= 0.3 is 0 Å². The van der Waals surface area contributed by atoms with Crippen LogP contribution in [-0.4, -0.2) is 6.17 Å². The maximum absolute atomic E-state index is 13.8. The minimum absolute atomic E-state index is 0.206. The highest BCUT2D eigenvalue weighted by molar-refractivity contribution is 5.02. The normalized spacial score (nSPS) is 31.4. The van der Waals surface area contributed by atoms with E-state index in [4.69, 9.17) is 0 Å². The quantitative estimate of drug-likeness (QED) is 0.392. The molecule has 0 heterocycles. The van der Waals surface area contributed by atoms with Gasteiger partial charge in [0.15, 0.2) is 0 Å². The molecule has 1 rings (SSSR count). The van der Waals surface area contributed by atoms with Crippen LogP contribution in [0.15, 0.2) is 0 Å². The molecule has 0 bridgehead atoms. The van der Waals surface area contributed by atoms with Gasteiger partial charge in [0.2, 0.25) is 0 Å². The van der Waals surface area contributed by atoms with Crippen LogP contribution in [0.2, 0.25) is 0 Å². The Labute approximate surface area is 171 Å². The largest absolute Gasteiger partial charge is 0.248 e. The zero-order valence-corrected chi connectivity index (χ0v) is 20.1. The van der Waals surface area contributed by atoms with Crippen LogP contribution in [0.1, 0.15) is 139 Å². The van der Waals surface area contributed by atoms with Gasteiger partial charge in [-0.05, 0) is 73.5 Å². The van der Waals surface area contributed by atoms with Gasteiger partial charge in [-0.1, -0.05) is 87.0 Å². The van der Waals surface area contributed by atoms with Crippen LogP contribution in [0.4, 0.5) is 4.39 Å². The third-order valence-corrected chi connectivity index (χ3v) is 8.27. The van der Waals surface area contributed by atoms with Crippen LogP contribution < -0.4 is 0 Å². The van der Waals surface area contributed by atoms with Crippen molar-refractivity contribution in [3.63, 3.8) is 0 Å². The summed E-state index contributed by atoms with van der Waals surface area (Å²) >= 11 is 0. The van der Waals surface area contributed by atoms with Gasteiger partial charge in [-0.3, -0.25) is 0 Å². The van der Waals surface area contributed by atoms with E-state index in [-0.39, 0.29) is 5.41 Å². The first-order valence-corrected chi connectivity index (χ1v) is 12.1. The number of hydrogen-bond donors (Lipinski definition) is 0. The van der Waals surface area contributed by atoms with Gasteiger partial charge in [0, 0.05) is 0 Å². The zero-order valence-electron chi connectivity index (χ0n) is 20.1. The van der Waals surface area contributed by atoms with Crippen LogP contribution in [0, 0.1) is 21.7 Å². The summed E-state index contributed by atoms with van der Waals surface area (Å²) in [4.78, 5) is 0. The summed E-state index contributed by atoms with van der Waals surface area (Å²) in [6.45, 7) is 19.0. The van der Waals surface area contributed by atoms with Gasteiger partial charge in [0.05, 0.1) is 6.17 Å². The number of hydrogen-bond acceptors (Lipinski definition) is 0. The van der Waals surface area contributed by atoms with Gasteiger partial charge < -0.3 is 0 Å². The summed E-state index contributed by atoms with van der Waals surface area (Å²) in [7, 11) is 0. The predicted molar refractivity (Wildman–Crippen MR) is 120 cm³/mol. The highest BCUT2D eigenvalue weighted by Crippen LogP contribution is 2.62. The third kappa shape index (κ3) is 6.20. The Hall–Kier alpha value is -0.0700. The minimum Gasteiger partial charge on any atom is -0.248 e. The summed E-state index contributed by atoms with van der Waals surface area (Å²) < 4.78 is 13.8. The molecule has 0 spiro atoms. The van der Waals surface area contributed by atoms with Crippen molar-refractivity contribution in [1.29, 1.82) is 0 Å². The number of alkyl halides is 1. The van der Waals surface area contributed by atoms with Crippen LogP contribution >= 0.6 is 0 Å². The third-order valence-electron chi connectivity index (χ3n) is 8.27. The fourth-order valence-corrected chi connectivity index (χ4v) is 6.87. The lowest BCUT2D eigenvalue weighted by atomic mass is 9.47. The Kier molecular flexibility index (Phi) is 9.35. The van der Waals surface area contributed by atoms with Crippen molar-refractivity contribution in [3.05, 3.63) is 0 Å². The predicted octanol–water partition coefficient (Wildman–Crippen LogP) is 9.51. The van der Waals surface area contributed by atoms with Crippen molar-refractivity contribution in [2.75, 3.05) is 0 Å². The standard InChI is InChI=1S/C26H51F/c1-9-11-20-26(15-10-2,23(4,5)6)25(8)18-13-12-16-24(7,17-14-19-25)21-22(3)27/h22H,9-21H2,1-8H3. The molecular formula is C26H51F. The fourth-order valence-electron chi connectivity index (χ4n) is 6.87. The average molecular weight is 383 g/mol. The van der Waals surface area contributed by atoms with Crippen LogP contribution in [-0.2, 0) is 0 Å². The number of unbranched alkanes of at least 4 members (excludes halogenated alkanes) is 1. The maximum atomic E-state index is 13.8. The summed E-state index contributed by atoms with van der Waals surface area (Å²) in [6.07, 6.45) is 15.7. The molecule has 0 aromatic carbocycles. The molecule has 4 atom stereocenters. The van der Waals surface area contributed by atoms with E-state index in [1.54, 1.807) is 6.92 Å². The molecule has 0 amide bonds. The zero-order chi connectivity index (χ0) is 20.8. The van der Waals surface area contributed by atoms with E-state index < -0.39 is 6.17 Å². The molecule has 0 aliphatic heterocycles. The maximum Gasteiger partial charge on any atom is 0.0978 e. The SMILES string of the molecule is CCCCC(CCC)(C(C)(C)C)C1(C)CCCCC(C)(CC(C)F)CCC1. The van der Waals surface area contributed by atoms with Crippen LogP contribution in [0.3, 0.4) is 0 Å². The first-order chi connectivity index (χ1) is 12.5. The van der Waals surface area contributed by atoms with Gasteiger partial charge in [-0.15, -0.1) is 0 Å². The summed E-state index contributed by atoms with van der Waals surface area (Å²) in [6, 6.07) is 0. The van der Waals surface area contributed by atoms with Crippen molar-refractivity contribution in [2.45, 2.75) is 145 Å². The first kappa shape index (κ1) is 25.0. The summed E-state index contributed by atoms with van der Waals surface area (Å²) in [5.74, 6) is 0. The van der Waals surface area contributed by atoms with Crippen molar-refractivity contribution in [3.8, 4) is 0 Å². The number of halogens is 1. The van der Waals surface area contributed by atoms with Gasteiger partial charge in [0.1, 0.15) is 0 Å². The summed E-state index contributed by atoms with van der Waals surface area (Å²) in [5, 5.41) is 0. The Bertz CT molecular complexity index is 420. The molecule has 162 valence electrons. The van der Waals surface area contributed by atoms with E-state index in [0.717, 1.165) is 6.42 Å². The lowest BCUT2D eigenvalue weighted by Gasteiger charge is -2.58. The average Bonchev–Trinajstić information content (AvgIpc) is 2.60. The molecule has 1 aliphatic carbocycles. The van der Waals surface area contributed by atoms with Gasteiger partial charge in [-0.25, -0.2) is 4.39 Å². The molecule has 1 aliphatic rings. The molecule has 0 saturated heterocycles. The summed E-state index contributed by atoms with van der Waals surface area (Å²) in [5.41, 5.74) is 1.36. The first-order valence-electron chi connectivity index (χ1n) is 12.1. The highest BCUT2D eigenvalue weighted by atomic mass is 19.1. The second-order valence-electron chi connectivity index (χ2n) is 11.6. The monoisotopic (exact) mass is 382 g/mol. The lowest BCUT2D eigenvalue weighted by Crippen LogP contribution is -2.49. The Morgan fingerprint density at radius 3 is 1.93 bits per heavy atom. The van der Waals surface area contributed by atoms with E-state index in [0.29, 0.717) is 16.2 Å². The van der Waals surface area contributed by atoms with Gasteiger partial charge in [0.25, 0.3) is 0 Å². The number of rotatable bonds is 8. The molecule has 0 aromatic rings. The molecule has 0 radical (unpaired) electrons. The molecular weight excluding hydrogens is 331 g/mol. The van der Waals surface area contributed by atoms with Gasteiger partial charge in [-0.2, -0.15) is 0 Å². The Morgan fingerprint density at radius 2 is 1.41 bits per heavy atom. The van der Waals surface area contributed by atoms with Crippen molar-refractivity contribution in [1.82, 2.24) is 0 Å². The van der Waals surface area contributed by atoms with E-state index >= 15 is 0 Å². The molecule has 4 unspecified atom stereocenters. The van der Waals surface area contributed by atoms with E-state index in [9.17, 15) is 4.39 Å². The topological polar surface area (TPSA) is 0 Å². The van der Waals surface area contributed by atoms with Crippen molar-refractivity contribution < 1.29 is 4.39 Å². The second kappa shape index (κ2) is 10.1. The van der Waals surface area contributed by atoms with Crippen molar-refractivity contribution in [2.24, 2.45) is 21.7 Å². The molecule has 1 heteroatoms.